The lowest BCUT2D eigenvalue weighted by molar-refractivity contribution is 0.0627. The van der Waals surface area contributed by atoms with Gasteiger partial charge in [0.2, 0.25) is 10.0 Å². The molecule has 1 unspecified atom stereocenters. The van der Waals surface area contributed by atoms with Crippen LogP contribution in [0, 0.1) is 0 Å². The van der Waals surface area contributed by atoms with Crippen LogP contribution in [0.1, 0.15) is 25.8 Å². The van der Waals surface area contributed by atoms with Gasteiger partial charge in [-0.2, -0.15) is 0 Å². The third-order valence-corrected chi connectivity index (χ3v) is 4.36. The van der Waals surface area contributed by atoms with Crippen LogP contribution >= 0.6 is 11.6 Å². The monoisotopic (exact) mass is 291 g/mol. The molecule has 0 spiro atoms. The van der Waals surface area contributed by atoms with Gasteiger partial charge < -0.3 is 5.11 Å². The molecule has 0 saturated carbocycles. The summed E-state index contributed by atoms with van der Waals surface area (Å²) >= 11 is 5.76. The number of rotatable bonds is 6. The molecular weight excluding hydrogens is 274 g/mol. The number of sulfonamides is 1. The van der Waals surface area contributed by atoms with Crippen molar-refractivity contribution < 1.29 is 13.5 Å². The van der Waals surface area contributed by atoms with Crippen LogP contribution in [0.25, 0.3) is 0 Å². The molecule has 4 nitrogen and oxygen atoms in total. The first-order valence-corrected chi connectivity index (χ1v) is 7.75. The lowest BCUT2D eigenvalue weighted by atomic mass is 9.97. The molecular formula is C12H18ClNO3S. The Labute approximate surface area is 113 Å². The molecule has 0 amide bonds. The van der Waals surface area contributed by atoms with Gasteiger partial charge in [-0.05, 0) is 31.0 Å². The van der Waals surface area contributed by atoms with Gasteiger partial charge in [0.05, 0.1) is 5.75 Å². The molecule has 0 aromatic heterocycles. The number of hydrogen-bond donors (Lipinski definition) is 2. The zero-order chi connectivity index (χ0) is 13.8. The van der Waals surface area contributed by atoms with E-state index in [-0.39, 0.29) is 12.3 Å². The van der Waals surface area contributed by atoms with Crippen LogP contribution < -0.4 is 4.72 Å². The highest BCUT2D eigenvalue weighted by Crippen LogP contribution is 2.21. The van der Waals surface area contributed by atoms with E-state index in [0.717, 1.165) is 0 Å². The van der Waals surface area contributed by atoms with Crippen molar-refractivity contribution >= 4 is 21.6 Å². The number of benzene rings is 1. The minimum atomic E-state index is -3.32. The Hall–Kier alpha value is -0.620. The predicted octanol–water partition coefficient (Wildman–Crippen LogP) is 1.88. The average Bonchev–Trinajstić information content (AvgIpc) is 2.27. The third kappa shape index (κ3) is 4.57. The van der Waals surface area contributed by atoms with Crippen molar-refractivity contribution in [1.82, 2.24) is 4.72 Å². The van der Waals surface area contributed by atoms with Crippen LogP contribution in [0.4, 0.5) is 0 Å². The molecule has 0 aliphatic carbocycles. The molecule has 1 atom stereocenters. The van der Waals surface area contributed by atoms with Gasteiger partial charge in [0.15, 0.2) is 0 Å². The first-order chi connectivity index (χ1) is 8.27. The van der Waals surface area contributed by atoms with Gasteiger partial charge in [-0.1, -0.05) is 30.7 Å². The summed E-state index contributed by atoms with van der Waals surface area (Å²) in [6.45, 7) is 3.29. The number of halogens is 1. The van der Waals surface area contributed by atoms with Crippen LogP contribution in [-0.2, 0) is 15.6 Å². The zero-order valence-corrected chi connectivity index (χ0v) is 12.1. The van der Waals surface area contributed by atoms with E-state index in [1.807, 2.05) is 0 Å². The van der Waals surface area contributed by atoms with Gasteiger partial charge in [0.25, 0.3) is 0 Å². The van der Waals surface area contributed by atoms with Crippen LogP contribution in [0.3, 0.4) is 0 Å². The van der Waals surface area contributed by atoms with Crippen molar-refractivity contribution in [2.24, 2.45) is 0 Å². The summed E-state index contributed by atoms with van der Waals surface area (Å²) in [5, 5.41) is 10.8. The quantitative estimate of drug-likeness (QED) is 0.841. The molecule has 0 heterocycles. The molecule has 0 radical (unpaired) electrons. The van der Waals surface area contributed by atoms with Gasteiger partial charge in [-0.3, -0.25) is 0 Å². The largest absolute Gasteiger partial charge is 0.384 e. The van der Waals surface area contributed by atoms with Crippen molar-refractivity contribution in [3.63, 3.8) is 0 Å². The highest BCUT2D eigenvalue weighted by Gasteiger charge is 2.25. The summed E-state index contributed by atoms with van der Waals surface area (Å²) in [7, 11) is -3.32. The van der Waals surface area contributed by atoms with Crippen molar-refractivity contribution in [3.8, 4) is 0 Å². The topological polar surface area (TPSA) is 66.4 Å². The van der Waals surface area contributed by atoms with E-state index < -0.39 is 15.6 Å². The second-order valence-electron chi connectivity index (χ2n) is 4.42. The smallest absolute Gasteiger partial charge is 0.211 e. The highest BCUT2D eigenvalue weighted by atomic mass is 35.5. The van der Waals surface area contributed by atoms with E-state index in [2.05, 4.69) is 4.72 Å². The van der Waals surface area contributed by atoms with E-state index in [1.54, 1.807) is 38.1 Å². The second kappa shape index (κ2) is 6.02. The van der Waals surface area contributed by atoms with Crippen LogP contribution in [0.5, 0.6) is 0 Å². The highest BCUT2D eigenvalue weighted by molar-refractivity contribution is 7.89. The Kier molecular flexibility index (Phi) is 5.16. The van der Waals surface area contributed by atoms with Crippen LogP contribution in [0.2, 0.25) is 5.02 Å². The fraction of sp³-hybridized carbons (Fsp3) is 0.500. The van der Waals surface area contributed by atoms with E-state index in [0.29, 0.717) is 17.0 Å². The standard InChI is InChI=1S/C12H18ClNO3S/c1-3-8-18(16,17)14-9-12(2,15)10-4-6-11(13)7-5-10/h4-7,14-15H,3,8-9H2,1-2H3. The molecule has 2 N–H and O–H groups in total. The Morgan fingerprint density at radius 2 is 1.89 bits per heavy atom. The maximum atomic E-state index is 11.5. The first-order valence-electron chi connectivity index (χ1n) is 5.72. The van der Waals surface area contributed by atoms with Gasteiger partial charge in [0, 0.05) is 11.6 Å². The Bertz CT molecular complexity index is 483. The number of aliphatic hydroxyl groups is 1. The predicted molar refractivity (Wildman–Crippen MR) is 73.1 cm³/mol. The minimum Gasteiger partial charge on any atom is -0.384 e. The molecule has 18 heavy (non-hydrogen) atoms. The normalized spacial score (nSPS) is 15.3. The van der Waals surface area contributed by atoms with E-state index in [4.69, 9.17) is 11.6 Å². The van der Waals surface area contributed by atoms with Crippen LogP contribution in [-0.4, -0.2) is 25.8 Å². The summed E-state index contributed by atoms with van der Waals surface area (Å²) < 4.78 is 25.4. The average molecular weight is 292 g/mol. The van der Waals surface area contributed by atoms with Crippen LogP contribution in [0.15, 0.2) is 24.3 Å². The van der Waals surface area contributed by atoms with Gasteiger partial charge in [-0.15, -0.1) is 0 Å². The zero-order valence-electron chi connectivity index (χ0n) is 10.5. The molecule has 0 saturated heterocycles. The summed E-state index contributed by atoms with van der Waals surface area (Å²) in [6, 6.07) is 6.67. The Morgan fingerprint density at radius 3 is 2.39 bits per heavy atom. The third-order valence-electron chi connectivity index (χ3n) is 2.58. The SMILES string of the molecule is CCCS(=O)(=O)NCC(C)(O)c1ccc(Cl)cc1. The Balaban J connectivity index is 2.73. The number of hydrogen-bond acceptors (Lipinski definition) is 3. The molecule has 1 aromatic carbocycles. The molecule has 0 bridgehead atoms. The van der Waals surface area contributed by atoms with Crippen molar-refractivity contribution in [2.45, 2.75) is 25.9 Å². The molecule has 0 aliphatic rings. The van der Waals surface area contributed by atoms with Crippen molar-refractivity contribution in [1.29, 1.82) is 0 Å². The van der Waals surface area contributed by atoms with Gasteiger partial charge in [-0.25, -0.2) is 13.1 Å². The lowest BCUT2D eigenvalue weighted by Gasteiger charge is -2.24. The summed E-state index contributed by atoms with van der Waals surface area (Å²) in [4.78, 5) is 0. The number of nitrogens with one attached hydrogen (secondary N) is 1. The molecule has 1 rings (SSSR count). The van der Waals surface area contributed by atoms with Crippen molar-refractivity contribution in [2.75, 3.05) is 12.3 Å². The Morgan fingerprint density at radius 1 is 1.33 bits per heavy atom. The molecule has 102 valence electrons. The van der Waals surface area contributed by atoms with Gasteiger partial charge >= 0.3 is 0 Å². The maximum Gasteiger partial charge on any atom is 0.211 e. The molecule has 0 aliphatic heterocycles. The van der Waals surface area contributed by atoms with E-state index >= 15 is 0 Å². The molecule has 6 heteroatoms. The van der Waals surface area contributed by atoms with E-state index in [9.17, 15) is 13.5 Å². The summed E-state index contributed by atoms with van der Waals surface area (Å²) in [5.74, 6) is 0.0592. The lowest BCUT2D eigenvalue weighted by Crippen LogP contribution is -2.39. The second-order valence-corrected chi connectivity index (χ2v) is 6.78. The van der Waals surface area contributed by atoms with E-state index in [1.165, 1.54) is 0 Å². The first kappa shape index (κ1) is 15.4. The molecule has 0 fully saturated rings. The molecule has 1 aromatic rings. The minimum absolute atomic E-state index is 0.0586. The fourth-order valence-corrected chi connectivity index (χ4v) is 2.81. The van der Waals surface area contributed by atoms with Gasteiger partial charge in [0.1, 0.15) is 5.60 Å². The summed E-state index contributed by atoms with van der Waals surface area (Å²) in [5.41, 5.74) is -0.642. The summed E-state index contributed by atoms with van der Waals surface area (Å²) in [6.07, 6.45) is 0.540. The fourth-order valence-electron chi connectivity index (χ4n) is 1.50. The van der Waals surface area contributed by atoms with Crippen molar-refractivity contribution in [3.05, 3.63) is 34.9 Å². The maximum absolute atomic E-state index is 11.5.